The van der Waals surface area contributed by atoms with E-state index in [1.54, 1.807) is 0 Å². The molecule has 0 aromatic carbocycles. The molecule has 0 spiro atoms. The number of hydrogen-bond donors (Lipinski definition) is 0. The van der Waals surface area contributed by atoms with Crippen molar-refractivity contribution < 1.29 is 4.39 Å². The zero-order chi connectivity index (χ0) is 11.3. The average molecular weight is 208 g/mol. The fourth-order valence-electron chi connectivity index (χ4n) is 1.30. The van der Waals surface area contributed by atoms with E-state index in [9.17, 15) is 4.39 Å². The second-order valence-electron chi connectivity index (χ2n) is 3.71. The smallest absolute Gasteiger partial charge is 0.143 e. The summed E-state index contributed by atoms with van der Waals surface area (Å²) < 4.78 is 12.9. The minimum atomic E-state index is -0.331. The average Bonchev–Trinajstić information content (AvgIpc) is 2.20. The molecule has 0 bridgehead atoms. The molecule has 0 fully saturated rings. The maximum absolute atomic E-state index is 12.9. The Bertz CT molecular complexity index is 359. The van der Waals surface area contributed by atoms with Crippen LogP contribution in [0.1, 0.15) is 38.8 Å². The highest BCUT2D eigenvalue weighted by Gasteiger charge is 2.00. The second-order valence-corrected chi connectivity index (χ2v) is 3.71. The molecule has 0 aliphatic rings. The van der Waals surface area contributed by atoms with Crippen LogP contribution < -0.4 is 0 Å². The van der Waals surface area contributed by atoms with Crippen LogP contribution in [0.25, 0.3) is 0 Å². The van der Waals surface area contributed by atoms with Crippen LogP contribution in [0.2, 0.25) is 0 Å². The molecule has 0 saturated heterocycles. The largest absolute Gasteiger partial charge is 0.256 e. The van der Waals surface area contributed by atoms with Crippen LogP contribution in [-0.2, 0) is 0 Å². The summed E-state index contributed by atoms with van der Waals surface area (Å²) in [5.74, 6) is -0.331. The highest BCUT2D eigenvalue weighted by atomic mass is 19.1. The Kier molecular flexibility index (Phi) is 4.40. The SMILES string of the molecule is CCCCC(C)=Nc1cc(F)cnc1C. The molecular weight excluding hydrogens is 191 g/mol. The van der Waals surface area contributed by atoms with E-state index < -0.39 is 0 Å². The fraction of sp³-hybridized carbons (Fsp3) is 0.500. The highest BCUT2D eigenvalue weighted by Crippen LogP contribution is 2.18. The van der Waals surface area contributed by atoms with Gasteiger partial charge in [0, 0.05) is 11.8 Å². The number of nitrogens with zero attached hydrogens (tertiary/aromatic N) is 2. The van der Waals surface area contributed by atoms with E-state index >= 15 is 0 Å². The van der Waals surface area contributed by atoms with Gasteiger partial charge in [-0.3, -0.25) is 9.98 Å². The number of hydrogen-bond acceptors (Lipinski definition) is 2. The molecule has 1 heterocycles. The Morgan fingerprint density at radius 2 is 2.27 bits per heavy atom. The third-order valence-electron chi connectivity index (χ3n) is 2.23. The molecule has 0 atom stereocenters. The van der Waals surface area contributed by atoms with Crippen LogP contribution in [0.15, 0.2) is 17.3 Å². The van der Waals surface area contributed by atoms with Gasteiger partial charge in [-0.2, -0.15) is 0 Å². The standard InChI is InChI=1S/C12H17FN2/c1-4-5-6-9(2)15-12-7-11(13)8-14-10(12)3/h7-8H,4-6H2,1-3H3. The minimum Gasteiger partial charge on any atom is -0.256 e. The summed E-state index contributed by atoms with van der Waals surface area (Å²) in [6.45, 7) is 5.95. The maximum atomic E-state index is 12.9. The van der Waals surface area contributed by atoms with Crippen LogP contribution in [-0.4, -0.2) is 10.7 Å². The summed E-state index contributed by atoms with van der Waals surface area (Å²) in [7, 11) is 0. The number of rotatable bonds is 4. The molecule has 0 aliphatic carbocycles. The Morgan fingerprint density at radius 1 is 1.53 bits per heavy atom. The van der Waals surface area contributed by atoms with E-state index in [1.165, 1.54) is 12.3 Å². The Hall–Kier alpha value is -1.25. The monoisotopic (exact) mass is 208 g/mol. The Morgan fingerprint density at radius 3 is 2.93 bits per heavy atom. The molecule has 0 N–H and O–H groups in total. The van der Waals surface area contributed by atoms with E-state index in [0.29, 0.717) is 5.69 Å². The minimum absolute atomic E-state index is 0.331. The predicted molar refractivity (Wildman–Crippen MR) is 61.2 cm³/mol. The number of halogens is 1. The molecule has 0 radical (unpaired) electrons. The normalized spacial score (nSPS) is 11.9. The predicted octanol–water partition coefficient (Wildman–Crippen LogP) is 3.81. The number of unbranched alkanes of at least 4 members (excludes halogenated alkanes) is 1. The molecule has 0 amide bonds. The van der Waals surface area contributed by atoms with Gasteiger partial charge < -0.3 is 0 Å². The van der Waals surface area contributed by atoms with Crippen molar-refractivity contribution in [3.05, 3.63) is 23.8 Å². The van der Waals surface area contributed by atoms with Gasteiger partial charge in [0.2, 0.25) is 0 Å². The first-order chi connectivity index (χ1) is 7.13. The highest BCUT2D eigenvalue weighted by molar-refractivity contribution is 5.84. The molecule has 0 saturated carbocycles. The van der Waals surface area contributed by atoms with Crippen molar-refractivity contribution in [2.24, 2.45) is 4.99 Å². The van der Waals surface area contributed by atoms with Gasteiger partial charge in [-0.25, -0.2) is 4.39 Å². The van der Waals surface area contributed by atoms with Crippen molar-refractivity contribution in [1.29, 1.82) is 0 Å². The third-order valence-corrected chi connectivity index (χ3v) is 2.23. The van der Waals surface area contributed by atoms with Gasteiger partial charge in [-0.15, -0.1) is 0 Å². The lowest BCUT2D eigenvalue weighted by atomic mass is 10.2. The van der Waals surface area contributed by atoms with Crippen molar-refractivity contribution in [2.45, 2.75) is 40.0 Å². The van der Waals surface area contributed by atoms with E-state index in [1.807, 2.05) is 13.8 Å². The molecule has 1 rings (SSSR count). The number of pyridine rings is 1. The zero-order valence-electron chi connectivity index (χ0n) is 9.55. The van der Waals surface area contributed by atoms with Gasteiger partial charge in [-0.1, -0.05) is 13.3 Å². The van der Waals surface area contributed by atoms with Crippen molar-refractivity contribution >= 4 is 11.4 Å². The quantitative estimate of drug-likeness (QED) is 0.691. The first-order valence-corrected chi connectivity index (χ1v) is 5.29. The van der Waals surface area contributed by atoms with Gasteiger partial charge in [0.25, 0.3) is 0 Å². The topological polar surface area (TPSA) is 25.2 Å². The molecular formula is C12H17FN2. The number of aryl methyl sites for hydroxylation is 1. The Balaban J connectivity index is 2.82. The lowest BCUT2D eigenvalue weighted by molar-refractivity contribution is 0.620. The summed E-state index contributed by atoms with van der Waals surface area (Å²) in [5, 5.41) is 0. The van der Waals surface area contributed by atoms with Gasteiger partial charge in [0.15, 0.2) is 0 Å². The zero-order valence-corrected chi connectivity index (χ0v) is 9.55. The van der Waals surface area contributed by atoms with Crippen LogP contribution in [0, 0.1) is 12.7 Å². The van der Waals surface area contributed by atoms with Crippen LogP contribution >= 0.6 is 0 Å². The van der Waals surface area contributed by atoms with E-state index in [0.717, 1.165) is 30.7 Å². The molecule has 0 unspecified atom stereocenters. The second kappa shape index (κ2) is 5.59. The van der Waals surface area contributed by atoms with E-state index in [4.69, 9.17) is 0 Å². The van der Waals surface area contributed by atoms with Crippen molar-refractivity contribution in [2.75, 3.05) is 0 Å². The fourth-order valence-corrected chi connectivity index (χ4v) is 1.30. The van der Waals surface area contributed by atoms with Gasteiger partial charge in [0.1, 0.15) is 5.82 Å². The van der Waals surface area contributed by atoms with Gasteiger partial charge in [-0.05, 0) is 26.7 Å². The molecule has 2 nitrogen and oxygen atoms in total. The molecule has 15 heavy (non-hydrogen) atoms. The maximum Gasteiger partial charge on any atom is 0.143 e. The van der Waals surface area contributed by atoms with Gasteiger partial charge >= 0.3 is 0 Å². The molecule has 3 heteroatoms. The summed E-state index contributed by atoms with van der Waals surface area (Å²) in [6.07, 6.45) is 4.45. The molecule has 1 aromatic heterocycles. The summed E-state index contributed by atoms with van der Waals surface area (Å²) in [5.41, 5.74) is 2.45. The summed E-state index contributed by atoms with van der Waals surface area (Å²) in [6, 6.07) is 1.43. The van der Waals surface area contributed by atoms with Crippen molar-refractivity contribution in [1.82, 2.24) is 4.98 Å². The van der Waals surface area contributed by atoms with Crippen LogP contribution in [0.4, 0.5) is 10.1 Å². The summed E-state index contributed by atoms with van der Waals surface area (Å²) in [4.78, 5) is 8.30. The van der Waals surface area contributed by atoms with Crippen LogP contribution in [0.3, 0.4) is 0 Å². The number of aliphatic imine (C=N–C) groups is 1. The van der Waals surface area contributed by atoms with Crippen LogP contribution in [0.5, 0.6) is 0 Å². The van der Waals surface area contributed by atoms with Crippen molar-refractivity contribution in [3.63, 3.8) is 0 Å². The van der Waals surface area contributed by atoms with E-state index in [-0.39, 0.29) is 5.82 Å². The number of aromatic nitrogens is 1. The first-order valence-electron chi connectivity index (χ1n) is 5.29. The first kappa shape index (κ1) is 11.8. The molecule has 0 aliphatic heterocycles. The molecule has 1 aromatic rings. The van der Waals surface area contributed by atoms with Gasteiger partial charge in [0.05, 0.1) is 17.6 Å². The lowest BCUT2D eigenvalue weighted by Gasteiger charge is -2.02. The van der Waals surface area contributed by atoms with Crippen molar-refractivity contribution in [3.8, 4) is 0 Å². The Labute approximate surface area is 90.3 Å². The lowest BCUT2D eigenvalue weighted by Crippen LogP contribution is -1.92. The third kappa shape index (κ3) is 3.78. The summed E-state index contributed by atoms with van der Waals surface area (Å²) >= 11 is 0. The van der Waals surface area contributed by atoms with E-state index in [2.05, 4.69) is 16.9 Å². The molecule has 82 valence electrons.